The number of aliphatic hydroxyl groups is 2. The molecule has 178 valence electrons. The largest absolute Gasteiger partial charge is 0.387 e. The molecule has 5 N–H and O–H groups in total. The molecule has 4 rings (SSSR count). The summed E-state index contributed by atoms with van der Waals surface area (Å²) in [6, 6.07) is 1.68. The topological polar surface area (TPSA) is 187 Å². The van der Waals surface area contributed by atoms with Crippen LogP contribution in [0.15, 0.2) is 12.3 Å². The third kappa shape index (κ3) is 4.74. The number of imidazole rings is 1. The van der Waals surface area contributed by atoms with Crippen molar-refractivity contribution in [3.8, 4) is 0 Å². The van der Waals surface area contributed by atoms with Crippen LogP contribution in [0.25, 0.3) is 5.65 Å². The van der Waals surface area contributed by atoms with Gasteiger partial charge in [-0.1, -0.05) is 11.6 Å². The van der Waals surface area contributed by atoms with Gasteiger partial charge in [-0.25, -0.2) is 9.50 Å². The van der Waals surface area contributed by atoms with Crippen LogP contribution in [0, 0.1) is 0 Å². The highest BCUT2D eigenvalue weighted by Crippen LogP contribution is 2.55. The average Bonchev–Trinajstić information content (AvgIpc) is 3.39. The second kappa shape index (κ2) is 8.59. The van der Waals surface area contributed by atoms with Crippen LogP contribution in [0.2, 0.25) is 5.15 Å². The first-order chi connectivity index (χ1) is 14.9. The number of aromatic nitrogens is 3. The molecule has 0 aliphatic carbocycles. The summed E-state index contributed by atoms with van der Waals surface area (Å²) in [7, 11) is -9.45. The molecule has 2 aromatic heterocycles. The van der Waals surface area contributed by atoms with E-state index in [1.807, 2.05) is 0 Å². The first-order valence-electron chi connectivity index (χ1n) is 9.72. The van der Waals surface area contributed by atoms with Crippen LogP contribution in [-0.4, -0.2) is 83.9 Å². The summed E-state index contributed by atoms with van der Waals surface area (Å²) in [4.78, 5) is 33.8. The third-order valence-electron chi connectivity index (χ3n) is 5.47. The maximum absolute atomic E-state index is 11.9. The Bertz CT molecular complexity index is 1100. The van der Waals surface area contributed by atoms with E-state index in [0.29, 0.717) is 5.65 Å². The highest BCUT2D eigenvalue weighted by Gasteiger charge is 2.52. The van der Waals surface area contributed by atoms with Gasteiger partial charge in [0.15, 0.2) is 22.3 Å². The summed E-state index contributed by atoms with van der Waals surface area (Å²) >= 11 is 6.20. The molecule has 2 aliphatic heterocycles. The monoisotopic (exact) mass is 512 g/mol. The molecule has 2 fully saturated rings. The van der Waals surface area contributed by atoms with Gasteiger partial charge in [0.2, 0.25) is 0 Å². The number of ether oxygens (including phenoxy) is 1. The van der Waals surface area contributed by atoms with Crippen LogP contribution in [-0.2, 0) is 24.0 Å². The second-order valence-corrected chi connectivity index (χ2v) is 12.3. The van der Waals surface area contributed by atoms with E-state index < -0.39 is 52.1 Å². The molecule has 0 amide bonds. The number of hydrogen-bond donors (Lipinski definition) is 5. The van der Waals surface area contributed by atoms with Gasteiger partial charge in [0.1, 0.15) is 12.2 Å². The molecule has 0 aromatic carbocycles. The van der Waals surface area contributed by atoms with E-state index in [1.165, 1.54) is 10.7 Å². The summed E-state index contributed by atoms with van der Waals surface area (Å²) in [5.74, 6) is -1.37. The molecule has 0 saturated carbocycles. The van der Waals surface area contributed by atoms with Crippen LogP contribution in [0.4, 0.5) is 5.69 Å². The van der Waals surface area contributed by atoms with Gasteiger partial charge in [-0.3, -0.25) is 9.13 Å². The number of rotatable bonds is 7. The normalized spacial score (nSPS) is 28.5. The highest BCUT2D eigenvalue weighted by molar-refractivity contribution is 7.70. The molecule has 2 aliphatic rings. The molecule has 4 heterocycles. The smallest absolute Gasteiger partial charge is 0.340 e. The van der Waals surface area contributed by atoms with Crippen LogP contribution in [0.3, 0.4) is 0 Å². The fraction of sp³-hybridized carbons (Fsp3) is 0.625. The molecule has 0 bridgehead atoms. The zero-order valence-electron chi connectivity index (χ0n) is 16.7. The Hall–Kier alpha value is -1.11. The Kier molecular flexibility index (Phi) is 6.45. The first-order valence-corrected chi connectivity index (χ1v) is 13.7. The van der Waals surface area contributed by atoms with Crippen LogP contribution in [0.1, 0.15) is 18.5 Å². The lowest BCUT2D eigenvalue weighted by atomic mass is 9.93. The zero-order chi connectivity index (χ0) is 23.3. The number of fused-ring (bicyclic) bond motifs is 1. The van der Waals surface area contributed by atoms with Crippen molar-refractivity contribution in [1.29, 1.82) is 0 Å². The van der Waals surface area contributed by atoms with E-state index in [0.717, 1.165) is 31.6 Å². The molecule has 1 unspecified atom stereocenters. The first kappa shape index (κ1) is 24.0. The Balaban J connectivity index is 1.57. The average molecular weight is 513 g/mol. The summed E-state index contributed by atoms with van der Waals surface area (Å²) in [6.07, 6.45) is 0.524. The standard InChI is InChI=1S/C16H23ClN4O9P2/c17-13-5-10(20-3-1-2-4-20)15-18-6-12(21(15)19-13)16(23)8-29-11(14(16)22)7-30-32(27,28)9-31(24,25)26/h5-6,11,14,22-23H,1-4,7-9H2,(H,27,28)(H2,24,25,26)/t11-,14-,16-/m1/s1. The minimum atomic E-state index is -4.80. The van der Waals surface area contributed by atoms with Gasteiger partial charge in [-0.05, 0) is 12.8 Å². The lowest BCUT2D eigenvalue weighted by Crippen LogP contribution is -2.43. The fourth-order valence-corrected chi connectivity index (χ4v) is 6.70. The molecule has 0 spiro atoms. The van der Waals surface area contributed by atoms with Crippen LogP contribution in [0.5, 0.6) is 0 Å². The van der Waals surface area contributed by atoms with Crippen LogP contribution < -0.4 is 4.90 Å². The number of anilines is 1. The van der Waals surface area contributed by atoms with Crippen molar-refractivity contribution in [2.24, 2.45) is 0 Å². The Morgan fingerprint density at radius 1 is 1.28 bits per heavy atom. The van der Waals surface area contributed by atoms with Gasteiger partial charge in [0, 0.05) is 19.2 Å². The predicted molar refractivity (Wildman–Crippen MR) is 112 cm³/mol. The summed E-state index contributed by atoms with van der Waals surface area (Å²) in [5, 5.41) is 26.3. The van der Waals surface area contributed by atoms with E-state index in [-0.39, 0.29) is 10.8 Å². The maximum atomic E-state index is 11.9. The van der Waals surface area contributed by atoms with Gasteiger partial charge in [-0.2, -0.15) is 5.10 Å². The quantitative estimate of drug-likeness (QED) is 0.319. The molecule has 2 saturated heterocycles. The molecule has 4 atom stereocenters. The van der Waals surface area contributed by atoms with E-state index in [9.17, 15) is 24.2 Å². The molecule has 13 nitrogen and oxygen atoms in total. The van der Waals surface area contributed by atoms with Crippen molar-refractivity contribution in [2.45, 2.75) is 30.7 Å². The molecule has 32 heavy (non-hydrogen) atoms. The van der Waals surface area contributed by atoms with Crippen molar-refractivity contribution in [1.82, 2.24) is 14.6 Å². The predicted octanol–water partition coefficient (Wildman–Crippen LogP) is 0.267. The van der Waals surface area contributed by atoms with Gasteiger partial charge < -0.3 is 39.1 Å². The van der Waals surface area contributed by atoms with Crippen molar-refractivity contribution >= 4 is 38.1 Å². The minimum Gasteiger partial charge on any atom is -0.387 e. The summed E-state index contributed by atoms with van der Waals surface area (Å²) in [6.45, 7) is 0.561. The third-order valence-corrected chi connectivity index (χ3v) is 9.11. The molecule has 2 aromatic rings. The number of hydrogen-bond acceptors (Lipinski definition) is 9. The van der Waals surface area contributed by atoms with E-state index in [1.54, 1.807) is 6.07 Å². The van der Waals surface area contributed by atoms with Gasteiger partial charge in [-0.15, -0.1) is 0 Å². The second-order valence-electron chi connectivity index (χ2n) is 7.88. The maximum Gasteiger partial charge on any atom is 0.340 e. The van der Waals surface area contributed by atoms with Crippen molar-refractivity contribution in [3.05, 3.63) is 23.1 Å². The van der Waals surface area contributed by atoms with E-state index in [2.05, 4.69) is 15.0 Å². The Morgan fingerprint density at radius 3 is 2.62 bits per heavy atom. The molecule has 0 radical (unpaired) electrons. The molecular weight excluding hydrogens is 490 g/mol. The number of nitrogens with zero attached hydrogens (tertiary/aromatic N) is 4. The van der Waals surface area contributed by atoms with Crippen molar-refractivity contribution < 1.29 is 43.3 Å². The van der Waals surface area contributed by atoms with Gasteiger partial charge in [0.25, 0.3) is 0 Å². The number of halogens is 1. The molecule has 16 heteroatoms. The van der Waals surface area contributed by atoms with E-state index >= 15 is 0 Å². The minimum absolute atomic E-state index is 0.104. The van der Waals surface area contributed by atoms with Crippen LogP contribution >= 0.6 is 26.8 Å². The Morgan fingerprint density at radius 2 is 1.97 bits per heavy atom. The number of aliphatic hydroxyl groups excluding tert-OH is 1. The Labute approximate surface area is 187 Å². The van der Waals surface area contributed by atoms with Crippen molar-refractivity contribution in [2.75, 3.05) is 37.1 Å². The highest BCUT2D eigenvalue weighted by atomic mass is 35.5. The van der Waals surface area contributed by atoms with Crippen molar-refractivity contribution in [3.63, 3.8) is 0 Å². The fourth-order valence-electron chi connectivity index (χ4n) is 3.96. The van der Waals surface area contributed by atoms with Gasteiger partial charge in [0.05, 0.1) is 30.8 Å². The lowest BCUT2D eigenvalue weighted by molar-refractivity contribution is -0.0624. The lowest BCUT2D eigenvalue weighted by Gasteiger charge is -2.26. The summed E-state index contributed by atoms with van der Waals surface area (Å²) in [5.41, 5.74) is -0.707. The summed E-state index contributed by atoms with van der Waals surface area (Å²) < 4.78 is 34.3. The zero-order valence-corrected chi connectivity index (χ0v) is 19.2. The van der Waals surface area contributed by atoms with Gasteiger partial charge >= 0.3 is 15.2 Å². The SMILES string of the molecule is O=P(O)(O)CP(=O)(O)OC[C@H]1OC[C@@](O)(c2cnc3c(N4CCCC4)cc(Cl)nn23)[C@@H]1O. The molecular formula is C16H23ClN4O9P2. The van der Waals surface area contributed by atoms with E-state index in [4.69, 9.17) is 30.6 Å².